The zero-order valence-corrected chi connectivity index (χ0v) is 12.8. The van der Waals surface area contributed by atoms with Gasteiger partial charge in [-0.25, -0.2) is 4.98 Å². The fraction of sp³-hybridized carbons (Fsp3) is 0.500. The summed E-state index contributed by atoms with van der Waals surface area (Å²) in [6.45, 7) is 0. The summed E-state index contributed by atoms with van der Waals surface area (Å²) in [5.41, 5.74) is 0.426. The third kappa shape index (κ3) is 3.18. The van der Waals surface area contributed by atoms with Crippen molar-refractivity contribution in [3.05, 3.63) is 29.7 Å². The Bertz CT molecular complexity index is 703. The van der Waals surface area contributed by atoms with Gasteiger partial charge in [-0.3, -0.25) is 4.68 Å². The van der Waals surface area contributed by atoms with Gasteiger partial charge < -0.3 is 5.11 Å². The van der Waals surface area contributed by atoms with Crippen molar-refractivity contribution in [2.24, 2.45) is 13.0 Å². The monoisotopic (exact) mass is 325 g/mol. The number of pyridine rings is 1. The van der Waals surface area contributed by atoms with Crippen molar-refractivity contribution in [2.45, 2.75) is 38.3 Å². The predicted octanol–water partition coefficient (Wildman–Crippen LogP) is 3.94. The van der Waals surface area contributed by atoms with Crippen LogP contribution in [0, 0.1) is 5.92 Å². The number of aromatic nitrogens is 3. The van der Waals surface area contributed by atoms with E-state index in [0.29, 0.717) is 11.5 Å². The summed E-state index contributed by atoms with van der Waals surface area (Å²) < 4.78 is 40.5. The minimum absolute atomic E-state index is 0.191. The van der Waals surface area contributed by atoms with Crippen LogP contribution < -0.4 is 0 Å². The Morgan fingerprint density at radius 3 is 2.61 bits per heavy atom. The molecule has 4 nitrogen and oxygen atoms in total. The lowest BCUT2D eigenvalue weighted by molar-refractivity contribution is -0.142. The molecule has 2 heterocycles. The van der Waals surface area contributed by atoms with E-state index in [0.717, 1.165) is 31.0 Å². The molecule has 23 heavy (non-hydrogen) atoms. The number of nitrogens with zero attached hydrogens (tertiary/aromatic N) is 3. The Hall–Kier alpha value is -2.05. The zero-order valence-electron chi connectivity index (χ0n) is 12.8. The smallest absolute Gasteiger partial charge is 0.437 e. The van der Waals surface area contributed by atoms with Crippen LogP contribution >= 0.6 is 0 Å². The van der Waals surface area contributed by atoms with E-state index < -0.39 is 17.6 Å². The molecule has 0 radical (unpaired) electrons. The number of hydrogen-bond donors (Lipinski definition) is 1. The van der Waals surface area contributed by atoms with E-state index in [1.54, 1.807) is 17.9 Å². The highest BCUT2D eigenvalue weighted by atomic mass is 19.4. The molecule has 0 aliphatic heterocycles. The molecule has 0 aromatic carbocycles. The first-order valence-corrected chi connectivity index (χ1v) is 7.64. The van der Waals surface area contributed by atoms with E-state index in [1.807, 2.05) is 0 Å². The van der Waals surface area contributed by atoms with Crippen molar-refractivity contribution < 1.29 is 18.3 Å². The van der Waals surface area contributed by atoms with Crippen LogP contribution in [0.3, 0.4) is 0 Å². The SMILES string of the molecule is Cn1ncc(-c2ccc(O)c(C(F)(F)F)n2)c1CC1CCCC1. The van der Waals surface area contributed by atoms with Gasteiger partial charge in [0.25, 0.3) is 0 Å². The molecule has 1 N–H and O–H groups in total. The second-order valence-electron chi connectivity index (χ2n) is 6.05. The fourth-order valence-corrected chi connectivity index (χ4v) is 3.22. The van der Waals surface area contributed by atoms with Crippen molar-refractivity contribution in [2.75, 3.05) is 0 Å². The van der Waals surface area contributed by atoms with Crippen LogP contribution in [0.5, 0.6) is 5.75 Å². The summed E-state index contributed by atoms with van der Waals surface area (Å²) in [4.78, 5) is 3.63. The molecular weight excluding hydrogens is 307 g/mol. The highest BCUT2D eigenvalue weighted by molar-refractivity contribution is 5.62. The van der Waals surface area contributed by atoms with Gasteiger partial charge in [0, 0.05) is 18.3 Å². The van der Waals surface area contributed by atoms with Gasteiger partial charge in [0.15, 0.2) is 5.69 Å². The molecule has 1 aliphatic rings. The summed E-state index contributed by atoms with van der Waals surface area (Å²) in [5, 5.41) is 13.6. The zero-order chi connectivity index (χ0) is 16.6. The van der Waals surface area contributed by atoms with Gasteiger partial charge in [-0.05, 0) is 24.5 Å². The van der Waals surface area contributed by atoms with E-state index in [4.69, 9.17) is 0 Å². The normalized spacial score (nSPS) is 16.2. The topological polar surface area (TPSA) is 50.9 Å². The lowest BCUT2D eigenvalue weighted by Gasteiger charge is -2.13. The maximum Gasteiger partial charge on any atom is 0.437 e. The van der Waals surface area contributed by atoms with E-state index in [9.17, 15) is 18.3 Å². The summed E-state index contributed by atoms with van der Waals surface area (Å²) in [6, 6.07) is 2.44. The fourth-order valence-electron chi connectivity index (χ4n) is 3.22. The number of aromatic hydroxyl groups is 1. The van der Waals surface area contributed by atoms with E-state index in [2.05, 4.69) is 10.1 Å². The molecule has 0 saturated heterocycles. The van der Waals surface area contributed by atoms with Crippen LogP contribution in [0.15, 0.2) is 18.3 Å². The average molecular weight is 325 g/mol. The maximum absolute atomic E-state index is 12.9. The maximum atomic E-state index is 12.9. The van der Waals surface area contributed by atoms with Crippen molar-refractivity contribution in [3.63, 3.8) is 0 Å². The molecule has 7 heteroatoms. The Labute approximate surface area is 132 Å². The molecule has 0 bridgehead atoms. The summed E-state index contributed by atoms with van der Waals surface area (Å²) in [6.07, 6.45) is 2.33. The van der Waals surface area contributed by atoms with E-state index >= 15 is 0 Å². The molecule has 0 amide bonds. The summed E-state index contributed by atoms with van der Waals surface area (Å²) in [5.74, 6) is -0.314. The Morgan fingerprint density at radius 2 is 1.96 bits per heavy atom. The molecule has 2 aromatic heterocycles. The van der Waals surface area contributed by atoms with Crippen LogP contribution in [0.25, 0.3) is 11.3 Å². The molecule has 1 aliphatic carbocycles. The number of halogens is 3. The Balaban J connectivity index is 1.99. The van der Waals surface area contributed by atoms with Gasteiger partial charge in [0.05, 0.1) is 11.9 Å². The van der Waals surface area contributed by atoms with Crippen LogP contribution in [0.2, 0.25) is 0 Å². The largest absolute Gasteiger partial charge is 0.506 e. The predicted molar refractivity (Wildman–Crippen MR) is 78.8 cm³/mol. The third-order valence-corrected chi connectivity index (χ3v) is 4.44. The minimum Gasteiger partial charge on any atom is -0.506 e. The van der Waals surface area contributed by atoms with Gasteiger partial charge in [-0.2, -0.15) is 18.3 Å². The number of aryl methyl sites for hydroxylation is 1. The summed E-state index contributed by atoms with van der Waals surface area (Å²) >= 11 is 0. The van der Waals surface area contributed by atoms with E-state index in [-0.39, 0.29) is 5.69 Å². The van der Waals surface area contributed by atoms with Crippen molar-refractivity contribution in [3.8, 4) is 17.0 Å². The lowest BCUT2D eigenvalue weighted by atomic mass is 9.98. The van der Waals surface area contributed by atoms with Gasteiger partial charge in [0.1, 0.15) is 5.75 Å². The third-order valence-electron chi connectivity index (χ3n) is 4.44. The molecule has 1 saturated carbocycles. The molecule has 0 atom stereocenters. The van der Waals surface area contributed by atoms with Crippen molar-refractivity contribution in [1.29, 1.82) is 0 Å². The second-order valence-corrected chi connectivity index (χ2v) is 6.05. The second kappa shape index (κ2) is 5.86. The molecule has 2 aromatic rings. The Morgan fingerprint density at radius 1 is 1.26 bits per heavy atom. The van der Waals surface area contributed by atoms with Gasteiger partial charge in [0.2, 0.25) is 0 Å². The number of hydrogen-bond acceptors (Lipinski definition) is 3. The first-order chi connectivity index (χ1) is 10.9. The first-order valence-electron chi connectivity index (χ1n) is 7.64. The van der Waals surface area contributed by atoms with E-state index in [1.165, 1.54) is 18.9 Å². The van der Waals surface area contributed by atoms with Crippen molar-refractivity contribution in [1.82, 2.24) is 14.8 Å². The average Bonchev–Trinajstić information content (AvgIpc) is 3.10. The molecular formula is C16H18F3N3O. The van der Waals surface area contributed by atoms with Gasteiger partial charge in [-0.1, -0.05) is 25.7 Å². The number of rotatable bonds is 3. The highest BCUT2D eigenvalue weighted by Gasteiger charge is 2.36. The highest BCUT2D eigenvalue weighted by Crippen LogP contribution is 2.37. The van der Waals surface area contributed by atoms with Gasteiger partial charge >= 0.3 is 6.18 Å². The van der Waals surface area contributed by atoms with Crippen molar-refractivity contribution >= 4 is 0 Å². The van der Waals surface area contributed by atoms with Crippen LogP contribution in [0.1, 0.15) is 37.1 Å². The number of alkyl halides is 3. The minimum atomic E-state index is -4.69. The van der Waals surface area contributed by atoms with Crippen LogP contribution in [-0.2, 0) is 19.6 Å². The Kier molecular flexibility index (Phi) is 4.04. The molecule has 0 spiro atoms. The quantitative estimate of drug-likeness (QED) is 0.930. The lowest BCUT2D eigenvalue weighted by Crippen LogP contribution is -2.10. The van der Waals surface area contributed by atoms with Crippen LogP contribution in [0.4, 0.5) is 13.2 Å². The molecule has 0 unspecified atom stereocenters. The molecule has 3 rings (SSSR count). The standard InChI is InChI=1S/C16H18F3N3O/c1-22-13(8-10-4-2-3-5-10)11(9-20-22)12-6-7-14(23)15(21-12)16(17,18)19/h6-7,9-10,23H,2-5,8H2,1H3. The van der Waals surface area contributed by atoms with Gasteiger partial charge in [-0.15, -0.1) is 0 Å². The molecule has 1 fully saturated rings. The summed E-state index contributed by atoms with van der Waals surface area (Å²) in [7, 11) is 1.79. The molecule has 124 valence electrons. The van der Waals surface area contributed by atoms with Crippen LogP contribution in [-0.4, -0.2) is 19.9 Å². The first kappa shape index (κ1) is 15.8.